The molecule has 1 aliphatic heterocycles. The van der Waals surface area contributed by atoms with Crippen molar-refractivity contribution in [3.05, 3.63) is 88.8 Å². The molecule has 2 aromatic carbocycles. The lowest BCUT2D eigenvalue weighted by atomic mass is 9.96. The number of fused-ring (bicyclic) bond motifs is 1. The van der Waals surface area contributed by atoms with Crippen LogP contribution < -0.4 is 0 Å². The highest BCUT2D eigenvalue weighted by molar-refractivity contribution is 6.04. The maximum absolute atomic E-state index is 13.4. The van der Waals surface area contributed by atoms with Crippen molar-refractivity contribution >= 4 is 11.9 Å². The molecule has 2 heterocycles. The summed E-state index contributed by atoms with van der Waals surface area (Å²) >= 11 is 0. The molecule has 152 valence electrons. The van der Waals surface area contributed by atoms with Gasteiger partial charge in [-0.1, -0.05) is 65.8 Å². The minimum absolute atomic E-state index is 0.158. The van der Waals surface area contributed by atoms with Gasteiger partial charge in [0.25, 0.3) is 5.91 Å². The van der Waals surface area contributed by atoms with Crippen molar-refractivity contribution in [3.63, 3.8) is 0 Å². The Kier molecular flexibility index (Phi) is 4.83. The highest BCUT2D eigenvalue weighted by Gasteiger charge is 2.46. The lowest BCUT2D eigenvalue weighted by Crippen LogP contribution is -2.33. The fourth-order valence-corrected chi connectivity index (χ4v) is 4.41. The van der Waals surface area contributed by atoms with E-state index < -0.39 is 6.04 Å². The fraction of sp³-hybridized carbons (Fsp3) is 0.292. The van der Waals surface area contributed by atoms with Gasteiger partial charge in [0.15, 0.2) is 0 Å². The Morgan fingerprint density at radius 1 is 0.900 bits per heavy atom. The number of hydrogen-bond acceptors (Lipinski definition) is 4. The number of nitrogens with zero attached hydrogens (tertiary/aromatic N) is 3. The molecule has 5 rings (SSSR count). The lowest BCUT2D eigenvalue weighted by Gasteiger charge is -2.22. The number of imide groups is 1. The third-order valence-electron chi connectivity index (χ3n) is 5.94. The summed E-state index contributed by atoms with van der Waals surface area (Å²) in [6.45, 7) is 0.531. The molecule has 0 spiro atoms. The van der Waals surface area contributed by atoms with E-state index in [-0.39, 0.29) is 18.5 Å². The molecule has 1 atom stereocenters. The molecular weight excluding hydrogens is 378 g/mol. The molecule has 1 unspecified atom stereocenters. The van der Waals surface area contributed by atoms with Crippen LogP contribution in [-0.2, 0) is 30.7 Å². The molecule has 1 saturated heterocycles. The maximum atomic E-state index is 13.4. The average Bonchev–Trinajstić information content (AvgIpc) is 3.30. The standard InChI is InChI=1S/C24H23N3O3/c28-23-22(18-11-5-2-6-12-18)26(15-17-9-3-1-4-10-17)24(29)27(23)16-20-19-13-7-8-14-21(19)30-25-20/h1-6,9-12,22H,7-8,13-16H2. The first-order valence-corrected chi connectivity index (χ1v) is 10.4. The summed E-state index contributed by atoms with van der Waals surface area (Å²) in [7, 11) is 0. The first-order valence-electron chi connectivity index (χ1n) is 10.4. The molecule has 0 bridgehead atoms. The highest BCUT2D eigenvalue weighted by Crippen LogP contribution is 2.34. The number of amides is 3. The Bertz CT molecular complexity index is 1060. The minimum atomic E-state index is -0.637. The number of urea groups is 1. The third-order valence-corrected chi connectivity index (χ3v) is 5.94. The van der Waals surface area contributed by atoms with Gasteiger partial charge in [-0.25, -0.2) is 4.79 Å². The monoisotopic (exact) mass is 401 g/mol. The molecular formula is C24H23N3O3. The number of benzene rings is 2. The van der Waals surface area contributed by atoms with Crippen LogP contribution in [0.25, 0.3) is 0 Å². The zero-order valence-corrected chi connectivity index (χ0v) is 16.7. The molecule has 0 radical (unpaired) electrons. The number of carbonyl (C=O) groups excluding carboxylic acids is 2. The predicted molar refractivity (Wildman–Crippen MR) is 110 cm³/mol. The Morgan fingerprint density at radius 3 is 2.37 bits per heavy atom. The van der Waals surface area contributed by atoms with E-state index in [0.29, 0.717) is 12.2 Å². The number of aromatic nitrogens is 1. The van der Waals surface area contributed by atoms with Crippen LogP contribution in [0.15, 0.2) is 65.2 Å². The number of rotatable bonds is 5. The van der Waals surface area contributed by atoms with Crippen LogP contribution in [0.5, 0.6) is 0 Å². The molecule has 0 saturated carbocycles. The van der Waals surface area contributed by atoms with E-state index in [2.05, 4.69) is 5.16 Å². The number of carbonyl (C=O) groups is 2. The van der Waals surface area contributed by atoms with Crippen molar-refractivity contribution in [3.8, 4) is 0 Å². The van der Waals surface area contributed by atoms with Gasteiger partial charge in [0, 0.05) is 18.5 Å². The molecule has 1 fully saturated rings. The van der Waals surface area contributed by atoms with Crippen molar-refractivity contribution in [1.82, 2.24) is 15.0 Å². The summed E-state index contributed by atoms with van der Waals surface area (Å²) < 4.78 is 5.49. The van der Waals surface area contributed by atoms with E-state index in [1.165, 1.54) is 4.90 Å². The van der Waals surface area contributed by atoms with Gasteiger partial charge in [0.1, 0.15) is 17.5 Å². The van der Waals surface area contributed by atoms with Gasteiger partial charge in [-0.15, -0.1) is 0 Å². The maximum Gasteiger partial charge on any atom is 0.328 e. The summed E-state index contributed by atoms with van der Waals surface area (Å²) in [6, 6.07) is 18.3. The number of aryl methyl sites for hydroxylation is 1. The minimum Gasteiger partial charge on any atom is -0.361 e. The summed E-state index contributed by atoms with van der Waals surface area (Å²) in [6.07, 6.45) is 3.93. The second kappa shape index (κ2) is 7.78. The first-order chi connectivity index (χ1) is 14.7. The third kappa shape index (κ3) is 3.28. The van der Waals surface area contributed by atoms with Crippen molar-refractivity contribution < 1.29 is 14.1 Å². The van der Waals surface area contributed by atoms with Crippen LogP contribution in [0.4, 0.5) is 4.79 Å². The Hall–Kier alpha value is -3.41. The van der Waals surface area contributed by atoms with Crippen molar-refractivity contribution in [2.24, 2.45) is 0 Å². The van der Waals surface area contributed by atoms with Crippen LogP contribution in [0.2, 0.25) is 0 Å². The molecule has 2 aliphatic rings. The average molecular weight is 401 g/mol. The molecule has 30 heavy (non-hydrogen) atoms. The van der Waals surface area contributed by atoms with E-state index in [0.717, 1.165) is 48.1 Å². The predicted octanol–water partition coefficient (Wildman–Crippen LogP) is 4.26. The lowest BCUT2D eigenvalue weighted by molar-refractivity contribution is -0.129. The van der Waals surface area contributed by atoms with E-state index in [1.54, 1.807) is 4.90 Å². The van der Waals surface area contributed by atoms with E-state index in [1.807, 2.05) is 60.7 Å². The zero-order chi connectivity index (χ0) is 20.5. The fourth-order valence-electron chi connectivity index (χ4n) is 4.41. The molecule has 6 nitrogen and oxygen atoms in total. The molecule has 0 N–H and O–H groups in total. The van der Waals surface area contributed by atoms with Gasteiger partial charge in [0.2, 0.25) is 0 Å². The van der Waals surface area contributed by atoms with Gasteiger partial charge < -0.3 is 9.42 Å². The Balaban J connectivity index is 1.47. The molecule has 3 aromatic rings. The van der Waals surface area contributed by atoms with Crippen LogP contribution >= 0.6 is 0 Å². The van der Waals surface area contributed by atoms with E-state index in [9.17, 15) is 9.59 Å². The summed E-state index contributed by atoms with van der Waals surface area (Å²) in [5, 5.41) is 4.20. The molecule has 3 amide bonds. The Labute approximate surface area is 175 Å². The largest absolute Gasteiger partial charge is 0.361 e. The second-order valence-corrected chi connectivity index (χ2v) is 7.87. The molecule has 1 aliphatic carbocycles. The SMILES string of the molecule is O=C1C(c2ccccc2)N(Cc2ccccc2)C(=O)N1Cc1noc2c1CCCC2. The van der Waals surface area contributed by atoms with Crippen molar-refractivity contribution in [2.45, 2.75) is 44.8 Å². The molecule has 1 aromatic heterocycles. The van der Waals surface area contributed by atoms with Crippen LogP contribution in [0, 0.1) is 0 Å². The summed E-state index contributed by atoms with van der Waals surface area (Å²) in [5.41, 5.74) is 3.58. The zero-order valence-electron chi connectivity index (χ0n) is 16.7. The highest BCUT2D eigenvalue weighted by atomic mass is 16.5. The van der Waals surface area contributed by atoms with Gasteiger partial charge in [-0.3, -0.25) is 9.69 Å². The first kappa shape index (κ1) is 18.6. The summed E-state index contributed by atoms with van der Waals surface area (Å²) in [4.78, 5) is 29.8. The van der Waals surface area contributed by atoms with E-state index >= 15 is 0 Å². The molecule has 6 heteroatoms. The van der Waals surface area contributed by atoms with Gasteiger partial charge in [0.05, 0.1) is 6.54 Å². The normalized spacial score (nSPS) is 18.7. The Morgan fingerprint density at radius 2 is 1.60 bits per heavy atom. The summed E-state index contributed by atoms with van der Waals surface area (Å²) in [5.74, 6) is 0.686. The van der Waals surface area contributed by atoms with Crippen molar-refractivity contribution in [1.29, 1.82) is 0 Å². The quantitative estimate of drug-likeness (QED) is 0.599. The topological polar surface area (TPSA) is 66.7 Å². The second-order valence-electron chi connectivity index (χ2n) is 7.87. The smallest absolute Gasteiger partial charge is 0.328 e. The van der Waals surface area contributed by atoms with Gasteiger partial charge >= 0.3 is 6.03 Å². The van der Waals surface area contributed by atoms with Gasteiger partial charge in [-0.2, -0.15) is 0 Å². The van der Waals surface area contributed by atoms with Crippen molar-refractivity contribution in [2.75, 3.05) is 0 Å². The van der Waals surface area contributed by atoms with E-state index in [4.69, 9.17) is 4.52 Å². The van der Waals surface area contributed by atoms with Crippen LogP contribution in [-0.4, -0.2) is 26.9 Å². The van der Waals surface area contributed by atoms with Crippen LogP contribution in [0.1, 0.15) is 47.0 Å². The van der Waals surface area contributed by atoms with Crippen LogP contribution in [0.3, 0.4) is 0 Å². The van der Waals surface area contributed by atoms with Gasteiger partial charge in [-0.05, 0) is 30.4 Å². The number of hydrogen-bond donors (Lipinski definition) is 0.